The van der Waals surface area contributed by atoms with E-state index in [1.54, 1.807) is 0 Å². The lowest BCUT2D eigenvalue weighted by Gasteiger charge is -2.22. The lowest BCUT2D eigenvalue weighted by molar-refractivity contribution is -0.146. The van der Waals surface area contributed by atoms with Crippen LogP contribution >= 0.6 is 29.1 Å². The first-order valence-electron chi connectivity index (χ1n) is 8.75. The number of carbonyl (C=O) groups is 1. The predicted molar refractivity (Wildman–Crippen MR) is 117 cm³/mol. The van der Waals surface area contributed by atoms with E-state index in [2.05, 4.69) is 30.8 Å². The van der Waals surface area contributed by atoms with E-state index in [1.165, 1.54) is 16.7 Å². The fourth-order valence-electron chi connectivity index (χ4n) is 2.97. The number of ether oxygens (including phenoxy) is 1. The van der Waals surface area contributed by atoms with Crippen molar-refractivity contribution in [3.63, 3.8) is 0 Å². The van der Waals surface area contributed by atoms with Gasteiger partial charge < -0.3 is 4.74 Å². The van der Waals surface area contributed by atoms with E-state index < -0.39 is 6.33 Å². The Morgan fingerprint density at radius 1 is 1.12 bits per heavy atom. The zero-order chi connectivity index (χ0) is 18.4. The van der Waals surface area contributed by atoms with Crippen molar-refractivity contribution in [2.75, 3.05) is 18.1 Å². The smallest absolute Gasteiger partial charge is 0.313 e. The van der Waals surface area contributed by atoms with Gasteiger partial charge in [-0.15, -0.1) is 22.8 Å². The second-order valence-corrected chi connectivity index (χ2v) is 12.8. The third-order valence-electron chi connectivity index (χ3n) is 4.23. The van der Waals surface area contributed by atoms with Crippen LogP contribution in [0.3, 0.4) is 0 Å². The molecule has 0 amide bonds. The zero-order valence-electron chi connectivity index (χ0n) is 14.9. The highest BCUT2D eigenvalue weighted by atomic mass is 33.1. The Morgan fingerprint density at radius 2 is 1.77 bits per heavy atom. The van der Waals surface area contributed by atoms with Gasteiger partial charge in [0.2, 0.25) is 0 Å². The van der Waals surface area contributed by atoms with Crippen LogP contribution in [0, 0.1) is 5.92 Å². The summed E-state index contributed by atoms with van der Waals surface area (Å²) in [5.41, 5.74) is 3.52. The molecule has 3 rings (SSSR count). The van der Waals surface area contributed by atoms with Gasteiger partial charge in [0.05, 0.1) is 12.5 Å². The second kappa shape index (κ2) is 9.64. The monoisotopic (exact) mass is 402 g/mol. The Balaban J connectivity index is 1.89. The summed E-state index contributed by atoms with van der Waals surface area (Å²) in [7, 11) is 0. The van der Waals surface area contributed by atoms with Crippen molar-refractivity contribution in [1.82, 2.24) is 0 Å². The van der Waals surface area contributed by atoms with E-state index in [1.807, 2.05) is 60.0 Å². The summed E-state index contributed by atoms with van der Waals surface area (Å²) in [4.78, 5) is 12.7. The molecule has 2 aromatic carbocycles. The molecule has 136 valence electrons. The quantitative estimate of drug-likeness (QED) is 0.396. The largest absolute Gasteiger partial charge is 0.466 e. The van der Waals surface area contributed by atoms with Gasteiger partial charge in [0.25, 0.3) is 0 Å². The average Bonchev–Trinajstić information content (AvgIpc) is 3.21. The highest BCUT2D eigenvalue weighted by Gasteiger charge is 2.31. The van der Waals surface area contributed by atoms with Crippen molar-refractivity contribution >= 4 is 35.1 Å². The first-order valence-corrected chi connectivity index (χ1v) is 13.3. The van der Waals surface area contributed by atoms with E-state index in [0.717, 1.165) is 16.8 Å². The van der Waals surface area contributed by atoms with Crippen LogP contribution in [0.1, 0.15) is 12.5 Å². The van der Waals surface area contributed by atoms with Crippen molar-refractivity contribution in [2.45, 2.75) is 13.3 Å². The molecule has 0 bridgehead atoms. The molecule has 0 aromatic heterocycles. The molecule has 2 aromatic rings. The van der Waals surface area contributed by atoms with Crippen molar-refractivity contribution in [2.24, 2.45) is 5.92 Å². The Morgan fingerprint density at radius 3 is 2.46 bits per heavy atom. The third kappa shape index (κ3) is 4.73. The summed E-state index contributed by atoms with van der Waals surface area (Å²) < 4.78 is 5.39. The molecule has 26 heavy (non-hydrogen) atoms. The molecule has 2 nitrogen and oxygen atoms in total. The van der Waals surface area contributed by atoms with E-state index >= 15 is 0 Å². The van der Waals surface area contributed by atoms with E-state index in [-0.39, 0.29) is 11.9 Å². The van der Waals surface area contributed by atoms with Gasteiger partial charge >= 0.3 is 5.97 Å². The lowest BCUT2D eigenvalue weighted by atomic mass is 9.92. The highest BCUT2D eigenvalue weighted by molar-refractivity contribution is 8.90. The normalized spacial score (nSPS) is 15.6. The molecule has 1 atom stereocenters. The molecule has 0 saturated carbocycles. The number of carbonyl (C=O) groups excluding carboxylic acids is 1. The van der Waals surface area contributed by atoms with Gasteiger partial charge in [0, 0.05) is 17.8 Å². The van der Waals surface area contributed by atoms with Crippen molar-refractivity contribution in [3.8, 4) is 11.1 Å². The molecule has 1 aliphatic heterocycles. The summed E-state index contributed by atoms with van der Waals surface area (Å²) in [5.74, 6) is 1.87. The molecule has 0 N–H and O–H groups in total. The molecule has 1 unspecified atom stereocenters. The fraction of sp³-hybridized carbons (Fsp3) is 0.286. The SMILES string of the molecule is C=C(C(Cc1ccccc1-c1ccccc1)C(=O)OCC)P1SCCS1. The van der Waals surface area contributed by atoms with Crippen LogP contribution in [0.5, 0.6) is 0 Å². The van der Waals surface area contributed by atoms with Crippen molar-refractivity contribution < 1.29 is 9.53 Å². The van der Waals surface area contributed by atoms with Crippen LogP contribution in [-0.4, -0.2) is 24.1 Å². The number of hydrogen-bond donors (Lipinski definition) is 0. The van der Waals surface area contributed by atoms with Gasteiger partial charge in [-0.1, -0.05) is 61.2 Å². The van der Waals surface area contributed by atoms with Crippen LogP contribution in [0.25, 0.3) is 11.1 Å². The Hall–Kier alpha value is -1.22. The average molecular weight is 403 g/mol. The summed E-state index contributed by atoms with van der Waals surface area (Å²) in [6.07, 6.45) is 0.231. The first kappa shape index (κ1) is 19.5. The number of esters is 1. The molecule has 1 aliphatic rings. The minimum absolute atomic E-state index is 0.143. The molecule has 1 heterocycles. The topological polar surface area (TPSA) is 26.3 Å². The van der Waals surface area contributed by atoms with Crippen LogP contribution in [-0.2, 0) is 16.0 Å². The van der Waals surface area contributed by atoms with Gasteiger partial charge in [0.15, 0.2) is 0 Å². The Bertz CT molecular complexity index is 758. The zero-order valence-corrected chi connectivity index (χ0v) is 17.4. The Kier molecular flexibility index (Phi) is 7.24. The van der Waals surface area contributed by atoms with Crippen LogP contribution in [0.2, 0.25) is 0 Å². The van der Waals surface area contributed by atoms with Gasteiger partial charge in [-0.3, -0.25) is 4.79 Å². The summed E-state index contributed by atoms with van der Waals surface area (Å²) >= 11 is 3.89. The molecule has 0 spiro atoms. The highest BCUT2D eigenvalue weighted by Crippen LogP contribution is 2.72. The maximum Gasteiger partial charge on any atom is 0.313 e. The maximum atomic E-state index is 12.7. The number of benzene rings is 2. The molecule has 5 heteroatoms. The van der Waals surface area contributed by atoms with Crippen LogP contribution < -0.4 is 0 Å². The number of hydrogen-bond acceptors (Lipinski definition) is 4. The summed E-state index contributed by atoms with van der Waals surface area (Å²) in [6, 6.07) is 18.7. The van der Waals surface area contributed by atoms with Gasteiger partial charge in [-0.05, 0) is 35.3 Å². The van der Waals surface area contributed by atoms with E-state index in [9.17, 15) is 4.79 Å². The van der Waals surface area contributed by atoms with Crippen molar-refractivity contribution in [3.05, 3.63) is 72.1 Å². The van der Waals surface area contributed by atoms with Crippen LogP contribution in [0.15, 0.2) is 66.5 Å². The minimum atomic E-state index is -0.411. The molecular weight excluding hydrogens is 379 g/mol. The second-order valence-electron chi connectivity index (χ2n) is 5.95. The molecule has 0 aliphatic carbocycles. The van der Waals surface area contributed by atoms with Gasteiger partial charge in [-0.25, -0.2) is 0 Å². The summed E-state index contributed by atoms with van der Waals surface area (Å²) in [5, 5.41) is 1.05. The summed E-state index contributed by atoms with van der Waals surface area (Å²) in [6.45, 7) is 6.59. The number of rotatable bonds is 7. The van der Waals surface area contributed by atoms with Gasteiger partial charge in [0.1, 0.15) is 0 Å². The molecular formula is C21H23O2PS2. The predicted octanol–water partition coefficient (Wildman–Crippen LogP) is 6.38. The lowest BCUT2D eigenvalue weighted by Crippen LogP contribution is -2.21. The van der Waals surface area contributed by atoms with E-state index in [0.29, 0.717) is 13.0 Å². The Labute approximate surface area is 165 Å². The van der Waals surface area contributed by atoms with Crippen molar-refractivity contribution in [1.29, 1.82) is 0 Å². The first-order chi connectivity index (χ1) is 12.7. The standard InChI is InChI=1S/C21H23O2PS2/c1-3-23-21(22)20(16(2)24-25-13-14-26-24)15-18-11-7-8-12-19(18)17-9-5-4-6-10-17/h4-12,20H,2-3,13-15H2,1H3. The molecule has 1 saturated heterocycles. The van der Waals surface area contributed by atoms with Gasteiger partial charge in [-0.2, -0.15) is 0 Å². The van der Waals surface area contributed by atoms with E-state index in [4.69, 9.17) is 4.74 Å². The fourth-order valence-corrected chi connectivity index (χ4v) is 11.1. The molecule has 0 radical (unpaired) electrons. The molecule has 1 fully saturated rings. The maximum absolute atomic E-state index is 12.7. The third-order valence-corrected chi connectivity index (χ3v) is 12.3. The van der Waals surface area contributed by atoms with Crippen LogP contribution in [0.4, 0.5) is 0 Å². The minimum Gasteiger partial charge on any atom is -0.466 e.